The van der Waals surface area contributed by atoms with Crippen LogP contribution in [0.2, 0.25) is 0 Å². The fourth-order valence-corrected chi connectivity index (χ4v) is 1.24. The minimum atomic E-state index is 0.0821. The number of hydrogen-bond donors (Lipinski definition) is 3. The van der Waals surface area contributed by atoms with E-state index in [0.29, 0.717) is 17.5 Å². The normalized spacial score (nSPS) is 12.7. The van der Waals surface area contributed by atoms with Crippen molar-refractivity contribution in [2.45, 2.75) is 26.4 Å². The number of nitrogens with zero attached hydrogens (tertiary/aromatic N) is 3. The molecule has 0 fully saturated rings. The molecule has 7 nitrogen and oxygen atoms in total. The number of fused-ring (bicyclic) bond motifs is 1. The summed E-state index contributed by atoms with van der Waals surface area (Å²) < 4.78 is 5.67. The van der Waals surface area contributed by atoms with E-state index in [1.165, 1.54) is 0 Å². The highest BCUT2D eigenvalue weighted by Gasteiger charge is 2.12. The van der Waals surface area contributed by atoms with Gasteiger partial charge < -0.3 is 4.74 Å². The van der Waals surface area contributed by atoms with Gasteiger partial charge in [-0.15, -0.1) is 0 Å². The maximum absolute atomic E-state index is 5.67. The van der Waals surface area contributed by atoms with Gasteiger partial charge in [-0.25, -0.2) is 5.84 Å². The number of hydrogen-bond acceptors (Lipinski definition) is 6. The van der Waals surface area contributed by atoms with Crippen LogP contribution in [0.25, 0.3) is 11.0 Å². The van der Waals surface area contributed by atoms with Crippen LogP contribution < -0.4 is 16.0 Å². The number of ether oxygens (including phenoxy) is 1. The van der Waals surface area contributed by atoms with Crippen LogP contribution >= 0.6 is 0 Å². The Hall–Kier alpha value is -1.89. The number of aromatic nitrogens is 4. The lowest BCUT2D eigenvalue weighted by Crippen LogP contribution is -2.14. The molecule has 1 atom stereocenters. The number of nitrogen functional groups attached to an aromatic ring is 1. The van der Waals surface area contributed by atoms with Crippen molar-refractivity contribution in [1.29, 1.82) is 0 Å². The molecule has 0 radical (unpaired) electrons. The predicted octanol–water partition coefficient (Wildman–Crippen LogP) is 0.816. The minimum absolute atomic E-state index is 0.0821. The van der Waals surface area contributed by atoms with Crippen LogP contribution in [0.1, 0.15) is 20.3 Å². The molecule has 1 unspecified atom stereocenters. The molecule has 0 spiro atoms. The van der Waals surface area contributed by atoms with E-state index in [4.69, 9.17) is 10.6 Å². The third kappa shape index (κ3) is 1.89. The smallest absolute Gasteiger partial charge is 0.242 e. The van der Waals surface area contributed by atoms with Crippen LogP contribution in [0, 0.1) is 0 Å². The molecule has 0 aliphatic carbocycles. The molecule has 0 aromatic carbocycles. The summed E-state index contributed by atoms with van der Waals surface area (Å²) in [6.45, 7) is 4.02. The summed E-state index contributed by atoms with van der Waals surface area (Å²) in [5.74, 6) is 6.07. The lowest BCUT2D eigenvalue weighted by molar-refractivity contribution is 0.212. The molecule has 2 aromatic heterocycles. The summed E-state index contributed by atoms with van der Waals surface area (Å²) in [6.07, 6.45) is 2.61. The van der Waals surface area contributed by atoms with E-state index in [1.807, 2.05) is 13.8 Å². The topological polar surface area (TPSA) is 102 Å². The summed E-state index contributed by atoms with van der Waals surface area (Å²) in [5.41, 5.74) is 2.99. The monoisotopic (exact) mass is 222 g/mol. The minimum Gasteiger partial charge on any atom is -0.474 e. The zero-order chi connectivity index (χ0) is 11.5. The van der Waals surface area contributed by atoms with Crippen molar-refractivity contribution >= 4 is 17.0 Å². The van der Waals surface area contributed by atoms with Crippen molar-refractivity contribution in [2.24, 2.45) is 5.84 Å². The molecular formula is C9H14N6O. The molecule has 2 rings (SSSR count). The maximum atomic E-state index is 5.67. The average Bonchev–Trinajstić information content (AvgIpc) is 2.76. The molecular weight excluding hydrogens is 208 g/mol. The number of aromatic amines is 1. The second-order valence-electron chi connectivity index (χ2n) is 3.47. The number of anilines is 1. The zero-order valence-electron chi connectivity index (χ0n) is 9.19. The third-order valence-corrected chi connectivity index (χ3v) is 2.29. The number of hydrazine groups is 1. The predicted molar refractivity (Wildman–Crippen MR) is 59.9 cm³/mol. The Morgan fingerprint density at radius 3 is 3.06 bits per heavy atom. The van der Waals surface area contributed by atoms with Gasteiger partial charge in [0.25, 0.3) is 0 Å². The van der Waals surface area contributed by atoms with Gasteiger partial charge in [-0.1, -0.05) is 6.92 Å². The van der Waals surface area contributed by atoms with Crippen molar-refractivity contribution in [3.05, 3.63) is 6.20 Å². The third-order valence-electron chi connectivity index (χ3n) is 2.29. The van der Waals surface area contributed by atoms with Crippen molar-refractivity contribution < 1.29 is 4.74 Å². The molecule has 7 heteroatoms. The van der Waals surface area contributed by atoms with Crippen LogP contribution in [0.15, 0.2) is 6.20 Å². The van der Waals surface area contributed by atoms with Gasteiger partial charge in [0.05, 0.1) is 12.3 Å². The van der Waals surface area contributed by atoms with E-state index in [9.17, 15) is 0 Å². The molecule has 86 valence electrons. The molecule has 0 amide bonds. The van der Waals surface area contributed by atoms with E-state index >= 15 is 0 Å². The lowest BCUT2D eigenvalue weighted by atomic mass is 10.3. The van der Waals surface area contributed by atoms with E-state index in [2.05, 4.69) is 25.6 Å². The summed E-state index contributed by atoms with van der Waals surface area (Å²) in [4.78, 5) is 8.25. The fraction of sp³-hybridized carbons (Fsp3) is 0.444. The van der Waals surface area contributed by atoms with Gasteiger partial charge >= 0.3 is 0 Å². The molecule has 0 bridgehead atoms. The Bertz CT molecular complexity index is 482. The zero-order valence-corrected chi connectivity index (χ0v) is 9.19. The van der Waals surface area contributed by atoms with E-state index < -0.39 is 0 Å². The van der Waals surface area contributed by atoms with Gasteiger partial charge in [0.2, 0.25) is 11.8 Å². The van der Waals surface area contributed by atoms with Crippen LogP contribution in [0.5, 0.6) is 5.88 Å². The van der Waals surface area contributed by atoms with Crippen LogP contribution in [-0.2, 0) is 0 Å². The second kappa shape index (κ2) is 4.31. The first-order valence-corrected chi connectivity index (χ1v) is 5.09. The van der Waals surface area contributed by atoms with Crippen LogP contribution in [-0.4, -0.2) is 26.3 Å². The summed E-state index contributed by atoms with van der Waals surface area (Å²) in [7, 11) is 0. The Morgan fingerprint density at radius 2 is 2.38 bits per heavy atom. The van der Waals surface area contributed by atoms with Gasteiger partial charge in [-0.2, -0.15) is 15.1 Å². The van der Waals surface area contributed by atoms with Crippen molar-refractivity contribution in [3.63, 3.8) is 0 Å². The highest BCUT2D eigenvalue weighted by molar-refractivity contribution is 5.80. The first kappa shape index (κ1) is 10.6. The highest BCUT2D eigenvalue weighted by Crippen LogP contribution is 2.23. The van der Waals surface area contributed by atoms with Crippen LogP contribution in [0.4, 0.5) is 5.95 Å². The Balaban J connectivity index is 2.44. The van der Waals surface area contributed by atoms with E-state index in [1.54, 1.807) is 6.20 Å². The fourth-order valence-electron chi connectivity index (χ4n) is 1.24. The van der Waals surface area contributed by atoms with E-state index in [-0.39, 0.29) is 6.10 Å². The molecule has 0 saturated carbocycles. The molecule has 2 aromatic rings. The van der Waals surface area contributed by atoms with Gasteiger partial charge in [0.1, 0.15) is 5.39 Å². The summed E-state index contributed by atoms with van der Waals surface area (Å²) in [5, 5.41) is 7.39. The van der Waals surface area contributed by atoms with Gasteiger partial charge in [0, 0.05) is 0 Å². The molecule has 4 N–H and O–H groups in total. The van der Waals surface area contributed by atoms with Gasteiger partial charge in [-0.3, -0.25) is 10.5 Å². The van der Waals surface area contributed by atoms with Gasteiger partial charge in [0.15, 0.2) is 5.65 Å². The Morgan fingerprint density at radius 1 is 1.56 bits per heavy atom. The van der Waals surface area contributed by atoms with Crippen molar-refractivity contribution in [1.82, 2.24) is 20.2 Å². The van der Waals surface area contributed by atoms with E-state index in [0.717, 1.165) is 11.8 Å². The van der Waals surface area contributed by atoms with Crippen molar-refractivity contribution in [2.75, 3.05) is 5.43 Å². The quantitative estimate of drug-likeness (QED) is 0.522. The maximum Gasteiger partial charge on any atom is 0.242 e. The lowest BCUT2D eigenvalue weighted by Gasteiger charge is -2.12. The SMILES string of the molecule is CCC(C)Oc1nc(NN)nc2[nH]ncc12. The largest absolute Gasteiger partial charge is 0.474 e. The molecule has 0 aliphatic rings. The molecule has 0 aliphatic heterocycles. The molecule has 16 heavy (non-hydrogen) atoms. The Labute approximate surface area is 92.4 Å². The summed E-state index contributed by atoms with van der Waals surface area (Å²) >= 11 is 0. The van der Waals surface area contributed by atoms with Crippen molar-refractivity contribution in [3.8, 4) is 5.88 Å². The second-order valence-corrected chi connectivity index (χ2v) is 3.47. The summed E-state index contributed by atoms with van der Waals surface area (Å²) in [6, 6.07) is 0. The van der Waals surface area contributed by atoms with Gasteiger partial charge in [-0.05, 0) is 13.3 Å². The average molecular weight is 222 g/mol. The first-order chi connectivity index (χ1) is 7.74. The number of rotatable bonds is 4. The Kier molecular flexibility index (Phi) is 2.86. The van der Waals surface area contributed by atoms with Crippen LogP contribution in [0.3, 0.4) is 0 Å². The highest BCUT2D eigenvalue weighted by atomic mass is 16.5. The number of nitrogens with two attached hydrogens (primary N) is 1. The molecule has 2 heterocycles. The number of nitrogens with one attached hydrogen (secondary N) is 2. The number of H-pyrrole nitrogens is 1. The molecule has 0 saturated heterocycles. The standard InChI is InChI=1S/C9H14N6O/c1-3-5(2)16-8-6-4-11-15-7(6)12-9(13-8)14-10/h4-5H,3,10H2,1-2H3,(H2,11,12,13,14,15). The first-order valence-electron chi connectivity index (χ1n) is 5.09.